The number of likely N-dealkylation sites (N-methyl/N-ethyl adjacent to an activating group) is 1. The molecule has 0 heterocycles. The van der Waals surface area contributed by atoms with E-state index in [0.717, 1.165) is 0 Å². The molecule has 0 bridgehead atoms. The molecule has 20 heavy (non-hydrogen) atoms. The number of carbonyl (C=O) groups is 2. The van der Waals surface area contributed by atoms with E-state index in [9.17, 15) is 9.59 Å². The molecular weight excluding hydrogens is 262 g/mol. The van der Waals surface area contributed by atoms with Crippen LogP contribution in [0.1, 0.15) is 34.6 Å². The van der Waals surface area contributed by atoms with E-state index in [1.807, 2.05) is 0 Å². The van der Waals surface area contributed by atoms with E-state index in [2.05, 4.69) is 0 Å². The molecule has 0 saturated carbocycles. The van der Waals surface area contributed by atoms with Crippen LogP contribution in [0.15, 0.2) is 0 Å². The minimum absolute atomic E-state index is 0.0928. The van der Waals surface area contributed by atoms with Gasteiger partial charge in [0.05, 0.1) is 13.2 Å². The summed E-state index contributed by atoms with van der Waals surface area (Å²) in [5, 5.41) is 0. The van der Waals surface area contributed by atoms with Crippen LogP contribution in [-0.4, -0.2) is 61.9 Å². The molecule has 0 rings (SSSR count). The summed E-state index contributed by atoms with van der Waals surface area (Å²) in [6.45, 7) is 9.57. The summed E-state index contributed by atoms with van der Waals surface area (Å²) in [6, 6.07) is 0. The van der Waals surface area contributed by atoms with Crippen molar-refractivity contribution in [2.45, 2.75) is 45.8 Å². The lowest BCUT2D eigenvalue weighted by Gasteiger charge is -2.28. The largest absolute Gasteiger partial charge is 0.457 e. The van der Waals surface area contributed by atoms with Crippen LogP contribution in [0, 0.1) is 0 Å². The van der Waals surface area contributed by atoms with Gasteiger partial charge in [-0.25, -0.2) is 4.79 Å². The third-order valence-corrected chi connectivity index (χ3v) is 2.34. The predicted octanol–water partition coefficient (Wildman–Crippen LogP) is 1.23. The Balaban J connectivity index is 4.38. The second-order valence-electron chi connectivity index (χ2n) is 6.22. The summed E-state index contributed by atoms with van der Waals surface area (Å²) in [4.78, 5) is 25.5. The molecule has 118 valence electrons. The minimum atomic E-state index is -1.30. The van der Waals surface area contributed by atoms with E-state index in [1.165, 1.54) is 13.8 Å². The fraction of sp³-hybridized carbons (Fsp3) is 0.857. The van der Waals surface area contributed by atoms with E-state index in [1.54, 1.807) is 39.8 Å². The normalized spacial score (nSPS) is 12.4. The maximum atomic E-state index is 11.9. The number of hydrogen-bond acceptors (Lipinski definition) is 6. The lowest BCUT2D eigenvalue weighted by Crippen LogP contribution is -2.44. The highest BCUT2D eigenvalue weighted by Gasteiger charge is 2.36. The van der Waals surface area contributed by atoms with Crippen molar-refractivity contribution in [3.63, 3.8) is 0 Å². The van der Waals surface area contributed by atoms with E-state index in [0.29, 0.717) is 13.2 Å². The van der Waals surface area contributed by atoms with Gasteiger partial charge in [-0.3, -0.25) is 9.69 Å². The van der Waals surface area contributed by atoms with Crippen molar-refractivity contribution >= 4 is 11.9 Å². The summed E-state index contributed by atoms with van der Waals surface area (Å²) >= 11 is 0. The number of methoxy groups -OCH3 is 1. The second-order valence-corrected chi connectivity index (χ2v) is 6.22. The molecule has 0 saturated heterocycles. The number of hydrogen-bond donors (Lipinski definition) is 0. The standard InChI is InChI=1S/C14H27NO5/c1-13(2,3)20-12(17)14(4,5)19-11(16)10-15(6)8-9-18-7/h8-10H2,1-7H3. The molecule has 6 nitrogen and oxygen atoms in total. The van der Waals surface area contributed by atoms with E-state index in [4.69, 9.17) is 14.2 Å². The lowest BCUT2D eigenvalue weighted by molar-refractivity contribution is -0.186. The van der Waals surface area contributed by atoms with Gasteiger partial charge >= 0.3 is 11.9 Å². The fourth-order valence-corrected chi connectivity index (χ4v) is 1.31. The number of nitrogens with zero attached hydrogens (tertiary/aromatic N) is 1. The Bertz CT molecular complexity index is 333. The van der Waals surface area contributed by atoms with Gasteiger partial charge in [0.2, 0.25) is 5.60 Å². The van der Waals surface area contributed by atoms with Crippen molar-refractivity contribution in [1.29, 1.82) is 0 Å². The maximum absolute atomic E-state index is 11.9. The average Bonchev–Trinajstić information content (AvgIpc) is 2.22. The molecule has 0 aromatic carbocycles. The molecule has 0 radical (unpaired) electrons. The Morgan fingerprint density at radius 2 is 1.60 bits per heavy atom. The Labute approximate surface area is 121 Å². The fourth-order valence-electron chi connectivity index (χ4n) is 1.31. The van der Waals surface area contributed by atoms with Crippen molar-refractivity contribution in [2.75, 3.05) is 33.9 Å². The molecular formula is C14H27NO5. The quantitative estimate of drug-likeness (QED) is 0.657. The zero-order chi connectivity index (χ0) is 16.0. The first-order chi connectivity index (χ1) is 8.98. The highest BCUT2D eigenvalue weighted by Crippen LogP contribution is 2.17. The van der Waals surface area contributed by atoms with Gasteiger partial charge in [0, 0.05) is 13.7 Å². The summed E-state index contributed by atoms with van der Waals surface area (Å²) in [6.07, 6.45) is 0. The molecule has 0 aliphatic heterocycles. The van der Waals surface area contributed by atoms with Gasteiger partial charge in [0.15, 0.2) is 0 Å². The van der Waals surface area contributed by atoms with Crippen LogP contribution in [-0.2, 0) is 23.8 Å². The molecule has 0 amide bonds. The van der Waals surface area contributed by atoms with Crippen LogP contribution in [0.2, 0.25) is 0 Å². The summed E-state index contributed by atoms with van der Waals surface area (Å²) in [7, 11) is 3.37. The third-order valence-electron chi connectivity index (χ3n) is 2.34. The van der Waals surface area contributed by atoms with Crippen LogP contribution in [0.25, 0.3) is 0 Å². The summed E-state index contributed by atoms with van der Waals surface area (Å²) < 4.78 is 15.3. The van der Waals surface area contributed by atoms with Crippen LogP contribution in [0.4, 0.5) is 0 Å². The Hall–Kier alpha value is -1.14. The van der Waals surface area contributed by atoms with Crippen LogP contribution >= 0.6 is 0 Å². The van der Waals surface area contributed by atoms with Gasteiger partial charge in [-0.2, -0.15) is 0 Å². The molecule has 0 aliphatic rings. The van der Waals surface area contributed by atoms with Crippen LogP contribution < -0.4 is 0 Å². The molecule has 0 spiro atoms. The number of esters is 2. The summed E-state index contributed by atoms with van der Waals surface area (Å²) in [5.74, 6) is -1.03. The predicted molar refractivity (Wildman–Crippen MR) is 75.4 cm³/mol. The zero-order valence-electron chi connectivity index (χ0n) is 13.6. The van der Waals surface area contributed by atoms with Crippen molar-refractivity contribution in [3.8, 4) is 0 Å². The van der Waals surface area contributed by atoms with Crippen LogP contribution in [0.5, 0.6) is 0 Å². The highest BCUT2D eigenvalue weighted by molar-refractivity contribution is 5.83. The monoisotopic (exact) mass is 289 g/mol. The molecule has 0 aromatic heterocycles. The van der Waals surface area contributed by atoms with Gasteiger partial charge in [0.25, 0.3) is 0 Å². The van der Waals surface area contributed by atoms with Crippen LogP contribution in [0.3, 0.4) is 0 Å². The Kier molecular flexibility index (Phi) is 7.16. The molecule has 6 heteroatoms. The van der Waals surface area contributed by atoms with Gasteiger partial charge < -0.3 is 14.2 Å². The Morgan fingerprint density at radius 3 is 2.05 bits per heavy atom. The van der Waals surface area contributed by atoms with E-state index in [-0.39, 0.29) is 6.54 Å². The van der Waals surface area contributed by atoms with E-state index >= 15 is 0 Å². The number of carbonyl (C=O) groups excluding carboxylic acids is 2. The number of rotatable bonds is 7. The first-order valence-corrected chi connectivity index (χ1v) is 6.60. The molecule has 0 N–H and O–H groups in total. The van der Waals surface area contributed by atoms with E-state index < -0.39 is 23.1 Å². The van der Waals surface area contributed by atoms with Crippen molar-refractivity contribution in [2.24, 2.45) is 0 Å². The molecule has 0 atom stereocenters. The topological polar surface area (TPSA) is 65.1 Å². The summed E-state index contributed by atoms with van der Waals surface area (Å²) in [5.41, 5.74) is -1.91. The molecule has 0 fully saturated rings. The molecule has 0 aliphatic carbocycles. The first kappa shape index (κ1) is 18.9. The van der Waals surface area contributed by atoms with Crippen molar-refractivity contribution < 1.29 is 23.8 Å². The second kappa shape index (κ2) is 7.59. The SMILES string of the molecule is COCCN(C)CC(=O)OC(C)(C)C(=O)OC(C)(C)C. The average molecular weight is 289 g/mol. The van der Waals surface area contributed by atoms with Gasteiger partial charge in [-0.1, -0.05) is 0 Å². The minimum Gasteiger partial charge on any atom is -0.457 e. The maximum Gasteiger partial charge on any atom is 0.350 e. The van der Waals surface area contributed by atoms with Gasteiger partial charge in [-0.15, -0.1) is 0 Å². The third kappa shape index (κ3) is 8.12. The first-order valence-electron chi connectivity index (χ1n) is 6.60. The lowest BCUT2D eigenvalue weighted by atomic mass is 10.1. The molecule has 0 aromatic rings. The smallest absolute Gasteiger partial charge is 0.350 e. The van der Waals surface area contributed by atoms with Crippen molar-refractivity contribution in [3.05, 3.63) is 0 Å². The number of ether oxygens (including phenoxy) is 3. The Morgan fingerprint density at radius 1 is 1.05 bits per heavy atom. The zero-order valence-corrected chi connectivity index (χ0v) is 13.6. The van der Waals surface area contributed by atoms with Gasteiger partial charge in [-0.05, 0) is 41.7 Å². The molecule has 0 unspecified atom stereocenters. The van der Waals surface area contributed by atoms with Crippen molar-refractivity contribution in [1.82, 2.24) is 4.90 Å². The van der Waals surface area contributed by atoms with Gasteiger partial charge in [0.1, 0.15) is 5.60 Å². The highest BCUT2D eigenvalue weighted by atomic mass is 16.6.